The van der Waals surface area contributed by atoms with Gasteiger partial charge in [-0.3, -0.25) is 19.1 Å². The van der Waals surface area contributed by atoms with E-state index >= 15 is 0 Å². The fourth-order valence-corrected chi connectivity index (χ4v) is 4.90. The number of morpholine rings is 1. The van der Waals surface area contributed by atoms with Crippen LogP contribution in [-0.4, -0.2) is 61.4 Å². The van der Waals surface area contributed by atoms with Crippen LogP contribution in [-0.2, 0) is 9.53 Å². The van der Waals surface area contributed by atoms with Crippen LogP contribution in [0.5, 0.6) is 5.75 Å². The zero-order valence-corrected chi connectivity index (χ0v) is 20.5. The number of amides is 1. The fourth-order valence-electron chi connectivity index (χ4n) is 3.79. The van der Waals surface area contributed by atoms with Gasteiger partial charge in [-0.05, 0) is 35.9 Å². The molecule has 0 unspecified atom stereocenters. The van der Waals surface area contributed by atoms with Gasteiger partial charge in [0.05, 0.1) is 23.4 Å². The third-order valence-electron chi connectivity index (χ3n) is 5.61. The molecule has 1 saturated heterocycles. The van der Waals surface area contributed by atoms with Gasteiger partial charge in [0, 0.05) is 26.2 Å². The number of halogens is 2. The minimum absolute atomic E-state index is 0.00503. The Kier molecular flexibility index (Phi) is 8.79. The van der Waals surface area contributed by atoms with Crippen LogP contribution in [0.2, 0.25) is 0 Å². The Bertz CT molecular complexity index is 1440. The quantitative estimate of drug-likeness (QED) is 0.478. The first-order chi connectivity index (χ1) is 18.0. The minimum Gasteiger partial charge on any atom is -0.435 e. The normalized spacial score (nSPS) is 15.4. The summed E-state index contributed by atoms with van der Waals surface area (Å²) in [6, 6.07) is 16.5. The van der Waals surface area contributed by atoms with Crippen molar-refractivity contribution in [1.82, 2.24) is 14.8 Å². The SMILES string of the molecule is N#CC(C(=O)NCCN1CCOCC1)=c1sc(=Cc2ccc(OC(F)F)cc2)c(=O)n1-c1ccccc1. The number of ether oxygens (including phenoxy) is 2. The molecule has 2 aromatic carbocycles. The molecule has 0 saturated carbocycles. The number of carbonyl (C=O) groups is 1. The largest absolute Gasteiger partial charge is 0.435 e. The summed E-state index contributed by atoms with van der Waals surface area (Å²) in [4.78, 5) is 28.6. The minimum atomic E-state index is -2.94. The number of nitrogens with one attached hydrogen (secondary N) is 1. The summed E-state index contributed by atoms with van der Waals surface area (Å²) >= 11 is 1.01. The second kappa shape index (κ2) is 12.4. The highest BCUT2D eigenvalue weighted by molar-refractivity contribution is 7.07. The van der Waals surface area contributed by atoms with Crippen molar-refractivity contribution in [3.63, 3.8) is 0 Å². The molecular weight excluding hydrogens is 502 g/mol. The predicted molar refractivity (Wildman–Crippen MR) is 135 cm³/mol. The van der Waals surface area contributed by atoms with Gasteiger partial charge >= 0.3 is 6.61 Å². The molecular formula is C26H24F2N4O4S. The van der Waals surface area contributed by atoms with Gasteiger partial charge in [-0.25, -0.2) is 0 Å². The first-order valence-electron chi connectivity index (χ1n) is 11.5. The maximum atomic E-state index is 13.4. The Morgan fingerprint density at radius 1 is 1.16 bits per heavy atom. The van der Waals surface area contributed by atoms with Gasteiger partial charge in [0.2, 0.25) is 0 Å². The van der Waals surface area contributed by atoms with Gasteiger partial charge in [0.1, 0.15) is 16.5 Å². The van der Waals surface area contributed by atoms with Crippen molar-refractivity contribution in [1.29, 1.82) is 5.26 Å². The molecule has 2 heterocycles. The molecule has 0 radical (unpaired) electrons. The summed E-state index contributed by atoms with van der Waals surface area (Å²) in [6.07, 6.45) is 1.58. The third-order valence-corrected chi connectivity index (χ3v) is 6.70. The number of hydrogen-bond acceptors (Lipinski definition) is 7. The highest BCUT2D eigenvalue weighted by Crippen LogP contribution is 2.15. The molecule has 192 valence electrons. The van der Waals surface area contributed by atoms with E-state index in [2.05, 4.69) is 15.0 Å². The lowest BCUT2D eigenvalue weighted by Crippen LogP contribution is -2.42. The third kappa shape index (κ3) is 6.68. The van der Waals surface area contributed by atoms with E-state index in [1.54, 1.807) is 36.4 Å². The molecule has 37 heavy (non-hydrogen) atoms. The Morgan fingerprint density at radius 3 is 2.51 bits per heavy atom. The van der Waals surface area contributed by atoms with Gasteiger partial charge in [-0.2, -0.15) is 14.0 Å². The molecule has 0 spiro atoms. The van der Waals surface area contributed by atoms with Crippen molar-refractivity contribution < 1.29 is 23.0 Å². The van der Waals surface area contributed by atoms with Crippen LogP contribution in [0.15, 0.2) is 59.4 Å². The Morgan fingerprint density at radius 2 is 1.86 bits per heavy atom. The molecule has 0 atom stereocenters. The van der Waals surface area contributed by atoms with E-state index in [1.165, 1.54) is 28.8 Å². The van der Waals surface area contributed by atoms with Crippen LogP contribution in [0.25, 0.3) is 17.3 Å². The van der Waals surface area contributed by atoms with E-state index in [1.807, 2.05) is 6.07 Å². The zero-order chi connectivity index (χ0) is 26.2. The highest BCUT2D eigenvalue weighted by atomic mass is 32.1. The van der Waals surface area contributed by atoms with Crippen molar-refractivity contribution in [2.24, 2.45) is 0 Å². The van der Waals surface area contributed by atoms with E-state index in [0.29, 0.717) is 37.6 Å². The zero-order valence-electron chi connectivity index (χ0n) is 19.7. The summed E-state index contributed by atoms with van der Waals surface area (Å²) < 4.78 is 36.4. The van der Waals surface area contributed by atoms with E-state index in [0.717, 1.165) is 24.4 Å². The summed E-state index contributed by atoms with van der Waals surface area (Å²) in [7, 11) is 0. The maximum absolute atomic E-state index is 13.4. The number of benzene rings is 2. The second-order valence-electron chi connectivity index (χ2n) is 8.04. The lowest BCUT2D eigenvalue weighted by molar-refractivity contribution is -0.115. The molecule has 11 heteroatoms. The summed E-state index contributed by atoms with van der Waals surface area (Å²) in [5.74, 6) is -0.573. The number of nitriles is 1. The lowest BCUT2D eigenvalue weighted by atomic mass is 10.2. The van der Waals surface area contributed by atoms with Crippen molar-refractivity contribution in [3.8, 4) is 17.5 Å². The average Bonchev–Trinajstić information content (AvgIpc) is 3.21. The number of thiazole rings is 1. The van der Waals surface area contributed by atoms with E-state index < -0.39 is 18.1 Å². The highest BCUT2D eigenvalue weighted by Gasteiger charge is 2.17. The fraction of sp³-hybridized carbons (Fsp3) is 0.269. The van der Waals surface area contributed by atoms with Crippen molar-refractivity contribution in [2.45, 2.75) is 6.61 Å². The first kappa shape index (κ1) is 26.2. The van der Waals surface area contributed by atoms with Gasteiger partial charge < -0.3 is 14.8 Å². The average molecular weight is 527 g/mol. The lowest BCUT2D eigenvalue weighted by Gasteiger charge is -2.26. The van der Waals surface area contributed by atoms with Crippen LogP contribution in [0, 0.1) is 11.3 Å². The van der Waals surface area contributed by atoms with Crippen molar-refractivity contribution >= 4 is 28.9 Å². The van der Waals surface area contributed by atoms with Crippen LogP contribution >= 0.6 is 11.3 Å². The molecule has 1 aliphatic rings. The molecule has 1 aromatic heterocycles. The number of para-hydroxylation sites is 1. The Labute approximate surface area is 215 Å². The summed E-state index contributed by atoms with van der Waals surface area (Å²) in [5, 5.41) is 12.7. The number of nitrogens with zero attached hydrogens (tertiary/aromatic N) is 3. The van der Waals surface area contributed by atoms with Crippen LogP contribution in [0.3, 0.4) is 0 Å². The molecule has 0 bridgehead atoms. The second-order valence-corrected chi connectivity index (χ2v) is 9.07. The number of carbonyl (C=O) groups excluding carboxylic acids is 1. The smallest absolute Gasteiger partial charge is 0.387 e. The molecule has 0 aliphatic carbocycles. The van der Waals surface area contributed by atoms with Gasteiger partial charge in [0.15, 0.2) is 5.57 Å². The molecule has 1 amide bonds. The predicted octanol–water partition coefficient (Wildman–Crippen LogP) is 1.45. The number of rotatable bonds is 8. The monoisotopic (exact) mass is 526 g/mol. The standard InChI is InChI=1S/C26H24F2N4O4S/c27-26(28)36-20-8-6-18(7-9-20)16-22-24(34)32(19-4-2-1-3-5-19)25(37-22)21(17-29)23(33)30-10-11-31-12-14-35-15-13-31/h1-9,16,26H,10-15H2,(H,30,33). The van der Waals surface area contributed by atoms with Crippen LogP contribution < -0.4 is 24.8 Å². The van der Waals surface area contributed by atoms with Gasteiger partial charge in [-0.15, -0.1) is 11.3 Å². The summed E-state index contributed by atoms with van der Waals surface area (Å²) in [6.45, 7) is 0.861. The van der Waals surface area contributed by atoms with E-state index in [9.17, 15) is 23.6 Å². The van der Waals surface area contributed by atoms with Crippen LogP contribution in [0.1, 0.15) is 5.56 Å². The molecule has 1 fully saturated rings. The van der Waals surface area contributed by atoms with E-state index in [-0.39, 0.29) is 20.5 Å². The van der Waals surface area contributed by atoms with Crippen molar-refractivity contribution in [3.05, 3.63) is 79.7 Å². The number of hydrogen-bond donors (Lipinski definition) is 1. The molecule has 1 aliphatic heterocycles. The van der Waals surface area contributed by atoms with Crippen molar-refractivity contribution in [2.75, 3.05) is 39.4 Å². The van der Waals surface area contributed by atoms with Crippen LogP contribution in [0.4, 0.5) is 8.78 Å². The molecule has 1 N–H and O–H groups in total. The Hall–Kier alpha value is -3.85. The topological polar surface area (TPSA) is 96.6 Å². The number of alkyl halides is 2. The van der Waals surface area contributed by atoms with Gasteiger partial charge in [-0.1, -0.05) is 30.3 Å². The Balaban J connectivity index is 1.71. The molecule has 4 rings (SSSR count). The van der Waals surface area contributed by atoms with Gasteiger partial charge in [0.25, 0.3) is 11.5 Å². The number of aromatic nitrogens is 1. The summed E-state index contributed by atoms with van der Waals surface area (Å²) in [5.41, 5.74) is 0.495. The van der Waals surface area contributed by atoms with E-state index in [4.69, 9.17) is 4.74 Å². The first-order valence-corrected chi connectivity index (χ1v) is 12.3. The molecule has 3 aromatic rings. The maximum Gasteiger partial charge on any atom is 0.387 e. The molecule has 8 nitrogen and oxygen atoms in total.